The Morgan fingerprint density at radius 1 is 1.36 bits per heavy atom. The van der Waals surface area contributed by atoms with Crippen LogP contribution in [-0.4, -0.2) is 12.6 Å². The monoisotopic (exact) mass is 230 g/mol. The Morgan fingerprint density at radius 3 is 2.50 bits per heavy atom. The molecule has 0 fully saturated rings. The summed E-state index contributed by atoms with van der Waals surface area (Å²) in [6, 6.07) is 5.33. The first-order chi connectivity index (χ1) is 6.68. The van der Waals surface area contributed by atoms with Gasteiger partial charge in [-0.1, -0.05) is 29.3 Å². The van der Waals surface area contributed by atoms with Gasteiger partial charge in [-0.25, -0.2) is 4.99 Å². The first kappa shape index (κ1) is 9.62. The molecular formula is C9H8Cl2N2O. The molecule has 0 saturated carbocycles. The van der Waals surface area contributed by atoms with Crippen LogP contribution in [0.1, 0.15) is 11.6 Å². The van der Waals surface area contributed by atoms with E-state index >= 15 is 0 Å². The number of hydrogen-bond donors (Lipinski definition) is 1. The zero-order valence-electron chi connectivity index (χ0n) is 7.21. The number of halogens is 2. The van der Waals surface area contributed by atoms with Gasteiger partial charge in [-0.2, -0.15) is 0 Å². The Balaban J connectivity index is 2.41. The molecule has 74 valence electrons. The van der Waals surface area contributed by atoms with Crippen LogP contribution < -0.4 is 5.73 Å². The van der Waals surface area contributed by atoms with Gasteiger partial charge in [0.25, 0.3) is 6.02 Å². The molecule has 1 aromatic rings. The lowest BCUT2D eigenvalue weighted by atomic mass is 10.1. The third-order valence-electron chi connectivity index (χ3n) is 2.01. The summed E-state index contributed by atoms with van der Waals surface area (Å²) < 4.78 is 5.04. The molecule has 1 heterocycles. The summed E-state index contributed by atoms with van der Waals surface area (Å²) >= 11 is 12.0. The summed E-state index contributed by atoms with van der Waals surface area (Å²) in [5, 5.41) is 1.18. The molecule has 0 bridgehead atoms. The van der Waals surface area contributed by atoms with E-state index in [1.807, 2.05) is 0 Å². The topological polar surface area (TPSA) is 47.6 Å². The van der Waals surface area contributed by atoms with Crippen LogP contribution in [0.15, 0.2) is 23.2 Å². The van der Waals surface area contributed by atoms with Crippen molar-refractivity contribution in [2.24, 2.45) is 10.7 Å². The predicted molar refractivity (Wildman–Crippen MR) is 56.8 cm³/mol. The Morgan fingerprint density at radius 2 is 2.00 bits per heavy atom. The average Bonchev–Trinajstić information content (AvgIpc) is 2.51. The Hall–Kier alpha value is -0.930. The van der Waals surface area contributed by atoms with Crippen LogP contribution in [0.4, 0.5) is 0 Å². The van der Waals surface area contributed by atoms with Crippen molar-refractivity contribution < 1.29 is 4.74 Å². The van der Waals surface area contributed by atoms with Crippen molar-refractivity contribution in [3.8, 4) is 0 Å². The van der Waals surface area contributed by atoms with Crippen LogP contribution >= 0.6 is 23.2 Å². The minimum atomic E-state index is -0.184. The molecule has 1 atom stereocenters. The van der Waals surface area contributed by atoms with Crippen molar-refractivity contribution in [2.45, 2.75) is 6.04 Å². The van der Waals surface area contributed by atoms with E-state index in [4.69, 9.17) is 33.7 Å². The van der Waals surface area contributed by atoms with Gasteiger partial charge in [-0.05, 0) is 12.1 Å². The maximum Gasteiger partial charge on any atom is 0.282 e. The molecule has 14 heavy (non-hydrogen) atoms. The summed E-state index contributed by atoms with van der Waals surface area (Å²) in [4.78, 5) is 4.08. The zero-order valence-corrected chi connectivity index (χ0v) is 8.72. The fraction of sp³-hybridized carbons (Fsp3) is 0.222. The third-order valence-corrected chi connectivity index (χ3v) is 2.66. The molecule has 1 unspecified atom stereocenters. The van der Waals surface area contributed by atoms with E-state index in [1.54, 1.807) is 18.2 Å². The molecule has 3 nitrogen and oxygen atoms in total. The normalized spacial score (nSPS) is 20.4. The van der Waals surface area contributed by atoms with Gasteiger partial charge in [0.15, 0.2) is 0 Å². The van der Waals surface area contributed by atoms with Gasteiger partial charge in [0.2, 0.25) is 0 Å². The first-order valence-corrected chi connectivity index (χ1v) is 4.84. The molecule has 0 amide bonds. The van der Waals surface area contributed by atoms with Crippen molar-refractivity contribution in [1.29, 1.82) is 0 Å². The lowest BCUT2D eigenvalue weighted by Crippen LogP contribution is -2.10. The minimum Gasteiger partial charge on any atom is -0.463 e. The van der Waals surface area contributed by atoms with Crippen molar-refractivity contribution >= 4 is 29.2 Å². The highest BCUT2D eigenvalue weighted by Crippen LogP contribution is 2.34. The molecular weight excluding hydrogens is 223 g/mol. The van der Waals surface area contributed by atoms with E-state index in [0.717, 1.165) is 5.56 Å². The molecule has 1 aliphatic heterocycles. The lowest BCUT2D eigenvalue weighted by molar-refractivity contribution is 0.315. The fourth-order valence-corrected chi connectivity index (χ4v) is 2.02. The van der Waals surface area contributed by atoms with Gasteiger partial charge in [0.1, 0.15) is 12.6 Å². The minimum absolute atomic E-state index is 0.184. The van der Waals surface area contributed by atoms with Gasteiger partial charge < -0.3 is 10.5 Å². The fourth-order valence-electron chi connectivity index (χ4n) is 1.37. The lowest BCUT2D eigenvalue weighted by Gasteiger charge is -2.09. The molecule has 1 aliphatic rings. The second-order valence-corrected chi connectivity index (χ2v) is 3.74. The second-order valence-electron chi connectivity index (χ2n) is 2.93. The molecule has 0 radical (unpaired) electrons. The molecule has 2 rings (SSSR count). The maximum absolute atomic E-state index is 6.01. The third kappa shape index (κ3) is 1.65. The Labute approximate surface area is 91.5 Å². The molecule has 0 aromatic heterocycles. The standard InChI is InChI=1S/C9H8Cl2N2O/c10-5-2-1-3-6(11)8(5)7-4-14-9(12)13-7/h1-3,7H,4H2,(H2,12,13). The number of aliphatic imine (C=N–C) groups is 1. The van der Waals surface area contributed by atoms with Crippen LogP contribution in [0, 0.1) is 0 Å². The van der Waals surface area contributed by atoms with Gasteiger partial charge in [0, 0.05) is 15.6 Å². The number of amidine groups is 1. The summed E-state index contributed by atoms with van der Waals surface area (Å²) in [5.41, 5.74) is 6.18. The van der Waals surface area contributed by atoms with Crippen molar-refractivity contribution in [1.82, 2.24) is 0 Å². The number of ether oxygens (including phenoxy) is 1. The number of rotatable bonds is 1. The highest BCUT2D eigenvalue weighted by Gasteiger charge is 2.23. The van der Waals surface area contributed by atoms with Crippen molar-refractivity contribution in [3.63, 3.8) is 0 Å². The van der Waals surface area contributed by atoms with E-state index in [9.17, 15) is 0 Å². The van der Waals surface area contributed by atoms with Crippen LogP contribution in [0.25, 0.3) is 0 Å². The molecule has 1 aromatic carbocycles. The quantitative estimate of drug-likeness (QED) is 0.806. The summed E-state index contributed by atoms with van der Waals surface area (Å²) in [7, 11) is 0. The van der Waals surface area contributed by atoms with Gasteiger partial charge in [0.05, 0.1) is 0 Å². The van der Waals surface area contributed by atoms with Crippen LogP contribution in [0.3, 0.4) is 0 Å². The van der Waals surface area contributed by atoms with E-state index < -0.39 is 0 Å². The molecule has 0 saturated heterocycles. The second kappa shape index (κ2) is 3.67. The summed E-state index contributed by atoms with van der Waals surface area (Å²) in [5.74, 6) is 0. The summed E-state index contributed by atoms with van der Waals surface area (Å²) in [6.45, 7) is 0.398. The first-order valence-electron chi connectivity index (χ1n) is 4.08. The van der Waals surface area contributed by atoms with Gasteiger partial charge in [-0.15, -0.1) is 0 Å². The Kier molecular flexibility index (Phi) is 2.52. The molecule has 0 spiro atoms. The maximum atomic E-state index is 6.01. The Bertz CT molecular complexity index is 372. The molecule has 0 aliphatic carbocycles. The SMILES string of the molecule is NC1=NC(c2c(Cl)cccc2Cl)CO1. The smallest absolute Gasteiger partial charge is 0.282 e. The molecule has 5 heteroatoms. The summed E-state index contributed by atoms with van der Waals surface area (Å²) in [6.07, 6.45) is 0. The van der Waals surface area contributed by atoms with Gasteiger partial charge in [-0.3, -0.25) is 0 Å². The zero-order chi connectivity index (χ0) is 10.1. The predicted octanol–water partition coefficient (Wildman–Crippen LogP) is 2.38. The van der Waals surface area contributed by atoms with Crippen molar-refractivity contribution in [2.75, 3.05) is 6.61 Å². The average molecular weight is 231 g/mol. The number of benzene rings is 1. The largest absolute Gasteiger partial charge is 0.463 e. The van der Waals surface area contributed by atoms with Crippen molar-refractivity contribution in [3.05, 3.63) is 33.8 Å². The van der Waals surface area contributed by atoms with E-state index in [0.29, 0.717) is 16.7 Å². The van der Waals surface area contributed by atoms with E-state index in [1.165, 1.54) is 0 Å². The van der Waals surface area contributed by atoms with Gasteiger partial charge >= 0.3 is 0 Å². The number of nitrogens with zero attached hydrogens (tertiary/aromatic N) is 1. The van der Waals surface area contributed by atoms with E-state index in [-0.39, 0.29) is 12.1 Å². The number of hydrogen-bond acceptors (Lipinski definition) is 3. The number of nitrogens with two attached hydrogens (primary N) is 1. The highest BCUT2D eigenvalue weighted by molar-refractivity contribution is 6.36. The van der Waals surface area contributed by atoms with E-state index in [2.05, 4.69) is 4.99 Å². The molecule has 2 N–H and O–H groups in total. The van der Waals surface area contributed by atoms with Crippen LogP contribution in [0.5, 0.6) is 0 Å². The van der Waals surface area contributed by atoms with Crippen LogP contribution in [0.2, 0.25) is 10.0 Å². The van der Waals surface area contributed by atoms with Crippen LogP contribution in [-0.2, 0) is 4.74 Å². The highest BCUT2D eigenvalue weighted by atomic mass is 35.5.